The Morgan fingerprint density at radius 2 is 2.16 bits per heavy atom. The number of hydrogen-bond donors (Lipinski definition) is 1. The Morgan fingerprint density at radius 1 is 1.32 bits per heavy atom. The first-order valence-corrected chi connectivity index (χ1v) is 6.12. The number of nitrogens with zero attached hydrogens (tertiary/aromatic N) is 1. The SMILES string of the molecule is CC1Cc2cc(-c3cncc(C(=O)O)c3)ccc2O1. The Labute approximate surface area is 110 Å². The first kappa shape index (κ1) is 11.7. The first-order valence-electron chi connectivity index (χ1n) is 6.12. The number of aromatic nitrogens is 1. The predicted octanol–water partition coefficient (Wildman–Crippen LogP) is 2.77. The van der Waals surface area contributed by atoms with Crippen LogP contribution in [0.2, 0.25) is 0 Å². The molecule has 4 heteroatoms. The maximum Gasteiger partial charge on any atom is 0.337 e. The Balaban J connectivity index is 2.01. The molecule has 96 valence electrons. The van der Waals surface area contributed by atoms with Crippen molar-refractivity contribution in [3.05, 3.63) is 47.8 Å². The third kappa shape index (κ3) is 2.17. The smallest absolute Gasteiger partial charge is 0.337 e. The molecule has 1 aromatic heterocycles. The van der Waals surface area contributed by atoms with E-state index in [1.54, 1.807) is 12.3 Å². The zero-order valence-corrected chi connectivity index (χ0v) is 10.5. The number of benzene rings is 1. The molecule has 0 saturated carbocycles. The van der Waals surface area contributed by atoms with Crippen molar-refractivity contribution in [2.75, 3.05) is 0 Å². The monoisotopic (exact) mass is 255 g/mol. The van der Waals surface area contributed by atoms with Gasteiger partial charge in [-0.3, -0.25) is 4.98 Å². The van der Waals surface area contributed by atoms with Crippen LogP contribution in [0.5, 0.6) is 5.75 Å². The van der Waals surface area contributed by atoms with E-state index in [9.17, 15) is 4.79 Å². The first-order chi connectivity index (χ1) is 9.13. The molecule has 3 rings (SSSR count). The molecule has 0 bridgehead atoms. The molecule has 0 radical (unpaired) electrons. The number of carbonyl (C=O) groups is 1. The van der Waals surface area contributed by atoms with Gasteiger partial charge in [-0.15, -0.1) is 0 Å². The van der Waals surface area contributed by atoms with Crippen LogP contribution in [0.1, 0.15) is 22.8 Å². The molecule has 4 nitrogen and oxygen atoms in total. The second-order valence-corrected chi connectivity index (χ2v) is 4.72. The Hall–Kier alpha value is -2.36. The lowest BCUT2D eigenvalue weighted by Crippen LogP contribution is -2.05. The van der Waals surface area contributed by atoms with Gasteiger partial charge in [-0.1, -0.05) is 6.07 Å². The summed E-state index contributed by atoms with van der Waals surface area (Å²) in [4.78, 5) is 14.9. The van der Waals surface area contributed by atoms with Gasteiger partial charge in [-0.2, -0.15) is 0 Å². The minimum absolute atomic E-state index is 0.197. The summed E-state index contributed by atoms with van der Waals surface area (Å²) in [6.07, 6.45) is 4.11. The summed E-state index contributed by atoms with van der Waals surface area (Å²) in [6, 6.07) is 7.54. The van der Waals surface area contributed by atoms with E-state index in [2.05, 4.69) is 4.98 Å². The largest absolute Gasteiger partial charge is 0.490 e. The minimum Gasteiger partial charge on any atom is -0.490 e. The van der Waals surface area contributed by atoms with E-state index in [-0.39, 0.29) is 11.7 Å². The average Bonchev–Trinajstić information content (AvgIpc) is 2.77. The molecule has 0 aliphatic carbocycles. The number of fused-ring (bicyclic) bond motifs is 1. The van der Waals surface area contributed by atoms with E-state index in [1.165, 1.54) is 6.20 Å². The van der Waals surface area contributed by atoms with Crippen LogP contribution in [-0.4, -0.2) is 22.2 Å². The fourth-order valence-electron chi connectivity index (χ4n) is 2.32. The number of carboxylic acid groups (broad SMARTS) is 1. The molecule has 1 unspecified atom stereocenters. The standard InChI is InChI=1S/C15H13NO3/c1-9-4-11-5-10(2-3-14(11)19-9)12-6-13(15(17)18)8-16-7-12/h2-3,5-9H,4H2,1H3,(H,17,18). The van der Waals surface area contributed by atoms with Crippen molar-refractivity contribution in [3.63, 3.8) is 0 Å². The molecule has 0 saturated heterocycles. The molecule has 1 aliphatic rings. The lowest BCUT2D eigenvalue weighted by Gasteiger charge is -2.05. The quantitative estimate of drug-likeness (QED) is 0.896. The summed E-state index contributed by atoms with van der Waals surface area (Å²) < 4.78 is 5.65. The highest BCUT2D eigenvalue weighted by Gasteiger charge is 2.19. The van der Waals surface area contributed by atoms with E-state index in [0.29, 0.717) is 0 Å². The number of pyridine rings is 1. The van der Waals surface area contributed by atoms with Crippen molar-refractivity contribution in [3.8, 4) is 16.9 Å². The number of aromatic carboxylic acids is 1. The van der Waals surface area contributed by atoms with Crippen molar-refractivity contribution >= 4 is 5.97 Å². The number of rotatable bonds is 2. The van der Waals surface area contributed by atoms with E-state index < -0.39 is 5.97 Å². The summed E-state index contributed by atoms with van der Waals surface area (Å²) in [5, 5.41) is 8.99. The van der Waals surface area contributed by atoms with Gasteiger partial charge in [0.1, 0.15) is 11.9 Å². The van der Waals surface area contributed by atoms with E-state index in [1.807, 2.05) is 25.1 Å². The zero-order chi connectivity index (χ0) is 13.4. The van der Waals surface area contributed by atoms with Crippen molar-refractivity contribution in [1.82, 2.24) is 4.98 Å². The lowest BCUT2D eigenvalue weighted by molar-refractivity contribution is 0.0696. The zero-order valence-electron chi connectivity index (χ0n) is 10.5. The summed E-state index contributed by atoms with van der Waals surface area (Å²) in [5.74, 6) is -0.0499. The molecule has 19 heavy (non-hydrogen) atoms. The summed E-state index contributed by atoms with van der Waals surface area (Å²) in [5.41, 5.74) is 3.13. The van der Waals surface area contributed by atoms with Crippen LogP contribution in [0.25, 0.3) is 11.1 Å². The van der Waals surface area contributed by atoms with Gasteiger partial charge in [0.15, 0.2) is 0 Å². The molecule has 1 aromatic carbocycles. The summed E-state index contributed by atoms with van der Waals surface area (Å²) >= 11 is 0. The topological polar surface area (TPSA) is 59.4 Å². The van der Waals surface area contributed by atoms with Crippen molar-refractivity contribution in [2.24, 2.45) is 0 Å². The van der Waals surface area contributed by atoms with E-state index in [4.69, 9.17) is 9.84 Å². The van der Waals surface area contributed by atoms with Gasteiger partial charge in [0.25, 0.3) is 0 Å². The maximum atomic E-state index is 11.0. The second-order valence-electron chi connectivity index (χ2n) is 4.72. The highest BCUT2D eigenvalue weighted by atomic mass is 16.5. The maximum absolute atomic E-state index is 11.0. The van der Waals surface area contributed by atoms with Crippen molar-refractivity contribution < 1.29 is 14.6 Å². The van der Waals surface area contributed by atoms with Gasteiger partial charge in [0.05, 0.1) is 5.56 Å². The molecule has 2 heterocycles. The Bertz CT molecular complexity index is 652. The highest BCUT2D eigenvalue weighted by Crippen LogP contribution is 2.32. The summed E-state index contributed by atoms with van der Waals surface area (Å²) in [6.45, 7) is 2.03. The molecule has 2 aromatic rings. The van der Waals surface area contributed by atoms with Gasteiger partial charge in [-0.25, -0.2) is 4.79 Å². The fraction of sp³-hybridized carbons (Fsp3) is 0.200. The predicted molar refractivity (Wildman–Crippen MR) is 70.4 cm³/mol. The molecule has 1 N–H and O–H groups in total. The molecule has 1 atom stereocenters. The highest BCUT2D eigenvalue weighted by molar-refractivity contribution is 5.88. The Kier molecular flexibility index (Phi) is 2.71. The van der Waals surface area contributed by atoms with Crippen LogP contribution in [0.3, 0.4) is 0 Å². The third-order valence-electron chi connectivity index (χ3n) is 3.21. The Morgan fingerprint density at radius 3 is 2.95 bits per heavy atom. The minimum atomic E-state index is -0.965. The summed E-state index contributed by atoms with van der Waals surface area (Å²) in [7, 11) is 0. The van der Waals surface area contributed by atoms with Gasteiger partial charge >= 0.3 is 5.97 Å². The van der Waals surface area contributed by atoms with Crippen LogP contribution >= 0.6 is 0 Å². The van der Waals surface area contributed by atoms with E-state index in [0.717, 1.165) is 28.9 Å². The number of hydrogen-bond acceptors (Lipinski definition) is 3. The van der Waals surface area contributed by atoms with Crippen LogP contribution in [-0.2, 0) is 6.42 Å². The molecular weight excluding hydrogens is 242 g/mol. The molecule has 0 amide bonds. The molecule has 1 aliphatic heterocycles. The van der Waals surface area contributed by atoms with Crippen LogP contribution in [0.15, 0.2) is 36.7 Å². The normalized spacial score (nSPS) is 16.8. The van der Waals surface area contributed by atoms with Crippen LogP contribution in [0.4, 0.5) is 0 Å². The van der Waals surface area contributed by atoms with Gasteiger partial charge < -0.3 is 9.84 Å². The molecule has 0 spiro atoms. The van der Waals surface area contributed by atoms with Crippen molar-refractivity contribution in [1.29, 1.82) is 0 Å². The number of carboxylic acids is 1. The van der Waals surface area contributed by atoms with Crippen LogP contribution < -0.4 is 4.74 Å². The molecule has 0 fully saturated rings. The van der Waals surface area contributed by atoms with Crippen LogP contribution in [0, 0.1) is 0 Å². The van der Waals surface area contributed by atoms with Gasteiger partial charge in [-0.05, 0) is 36.2 Å². The fourth-order valence-corrected chi connectivity index (χ4v) is 2.32. The average molecular weight is 255 g/mol. The lowest BCUT2D eigenvalue weighted by atomic mass is 10.0. The molecular formula is C15H13NO3. The number of ether oxygens (including phenoxy) is 1. The van der Waals surface area contributed by atoms with Gasteiger partial charge in [0.2, 0.25) is 0 Å². The van der Waals surface area contributed by atoms with Gasteiger partial charge in [0, 0.05) is 24.4 Å². The third-order valence-corrected chi connectivity index (χ3v) is 3.21. The second kappa shape index (κ2) is 4.39. The van der Waals surface area contributed by atoms with Crippen molar-refractivity contribution in [2.45, 2.75) is 19.4 Å². The van der Waals surface area contributed by atoms with E-state index >= 15 is 0 Å².